The van der Waals surface area contributed by atoms with Gasteiger partial charge in [0, 0.05) is 37.9 Å². The fourth-order valence-electron chi connectivity index (χ4n) is 3.90. The summed E-state index contributed by atoms with van der Waals surface area (Å²) in [6.07, 6.45) is 3.43. The Bertz CT molecular complexity index is 860. The SMILES string of the molecule is Cc1ccc(CCCNC(=O)N2CCC(Nc3ccc(CCNC(=O)O)cc3)CC2)cc1. The van der Waals surface area contributed by atoms with Crippen molar-refractivity contribution in [2.45, 2.75) is 45.1 Å². The first-order chi connectivity index (χ1) is 15.5. The third kappa shape index (κ3) is 7.80. The molecule has 1 aliphatic rings. The fraction of sp³-hybridized carbons (Fsp3) is 0.440. The number of piperidine rings is 1. The highest BCUT2D eigenvalue weighted by atomic mass is 16.4. The van der Waals surface area contributed by atoms with Crippen LogP contribution in [0.1, 0.15) is 36.0 Å². The highest BCUT2D eigenvalue weighted by Gasteiger charge is 2.22. The number of rotatable bonds is 9. The van der Waals surface area contributed by atoms with Crippen LogP contribution in [-0.4, -0.2) is 54.4 Å². The molecular weight excluding hydrogens is 404 g/mol. The number of carbonyl (C=O) groups excluding carboxylic acids is 1. The summed E-state index contributed by atoms with van der Waals surface area (Å²) in [5.41, 5.74) is 4.72. The second-order valence-corrected chi connectivity index (χ2v) is 8.41. The van der Waals surface area contributed by atoms with E-state index in [1.165, 1.54) is 11.1 Å². The normalized spacial score (nSPS) is 14.1. The molecule has 2 aromatic carbocycles. The number of aryl methyl sites for hydroxylation is 2. The van der Waals surface area contributed by atoms with E-state index in [1.807, 2.05) is 29.2 Å². The first-order valence-corrected chi connectivity index (χ1v) is 11.4. The van der Waals surface area contributed by atoms with Gasteiger partial charge in [0.2, 0.25) is 0 Å². The number of amides is 3. The summed E-state index contributed by atoms with van der Waals surface area (Å²) in [5.74, 6) is 0. The van der Waals surface area contributed by atoms with Gasteiger partial charge in [0.1, 0.15) is 0 Å². The minimum absolute atomic E-state index is 0.0340. The standard InChI is InChI=1S/C25H34N4O3/c1-19-4-6-20(7-5-19)3-2-15-26-24(30)29-17-13-23(14-18-29)28-22-10-8-21(9-11-22)12-16-27-25(31)32/h4-11,23,27-28H,2-3,12-18H2,1H3,(H,26,30)(H,31,32). The van der Waals surface area contributed by atoms with E-state index in [0.29, 0.717) is 25.6 Å². The molecular formula is C25H34N4O3. The van der Waals surface area contributed by atoms with Crippen LogP contribution in [0.2, 0.25) is 0 Å². The molecule has 0 atom stereocenters. The Morgan fingerprint density at radius 2 is 1.53 bits per heavy atom. The molecule has 0 radical (unpaired) electrons. The van der Waals surface area contributed by atoms with Crippen molar-refractivity contribution in [1.29, 1.82) is 0 Å². The lowest BCUT2D eigenvalue weighted by molar-refractivity contribution is 0.183. The van der Waals surface area contributed by atoms with Gasteiger partial charge in [0.15, 0.2) is 0 Å². The summed E-state index contributed by atoms with van der Waals surface area (Å²) in [5, 5.41) is 17.6. The predicted molar refractivity (Wildman–Crippen MR) is 127 cm³/mol. The first-order valence-electron chi connectivity index (χ1n) is 11.4. The van der Waals surface area contributed by atoms with Crippen molar-refractivity contribution in [1.82, 2.24) is 15.5 Å². The minimum atomic E-state index is -0.995. The Kier molecular flexibility index (Phi) is 8.78. The average molecular weight is 439 g/mol. The maximum atomic E-state index is 12.4. The lowest BCUT2D eigenvalue weighted by Gasteiger charge is -2.33. The van der Waals surface area contributed by atoms with Crippen molar-refractivity contribution in [2.75, 3.05) is 31.5 Å². The summed E-state index contributed by atoms with van der Waals surface area (Å²) in [6, 6.07) is 17.0. The zero-order chi connectivity index (χ0) is 22.8. The molecule has 32 heavy (non-hydrogen) atoms. The highest BCUT2D eigenvalue weighted by molar-refractivity contribution is 5.74. The number of nitrogens with one attached hydrogen (secondary N) is 3. The maximum absolute atomic E-state index is 12.4. The summed E-state index contributed by atoms with van der Waals surface area (Å²) in [4.78, 5) is 24.9. The number of carboxylic acid groups (broad SMARTS) is 1. The Labute approximate surface area is 190 Å². The van der Waals surface area contributed by atoms with E-state index < -0.39 is 6.09 Å². The fourth-order valence-corrected chi connectivity index (χ4v) is 3.90. The van der Waals surface area contributed by atoms with Gasteiger partial charge in [-0.2, -0.15) is 0 Å². The van der Waals surface area contributed by atoms with Gasteiger partial charge in [0.25, 0.3) is 0 Å². The molecule has 2 aromatic rings. The average Bonchev–Trinajstić information content (AvgIpc) is 2.79. The molecule has 3 amide bonds. The van der Waals surface area contributed by atoms with Gasteiger partial charge >= 0.3 is 12.1 Å². The van der Waals surface area contributed by atoms with Crippen LogP contribution >= 0.6 is 0 Å². The van der Waals surface area contributed by atoms with Crippen LogP contribution in [0, 0.1) is 6.92 Å². The van der Waals surface area contributed by atoms with E-state index in [0.717, 1.165) is 50.0 Å². The van der Waals surface area contributed by atoms with Crippen LogP contribution in [0.25, 0.3) is 0 Å². The molecule has 0 unspecified atom stereocenters. The van der Waals surface area contributed by atoms with Crippen molar-refractivity contribution < 1.29 is 14.7 Å². The number of carbonyl (C=O) groups is 2. The Morgan fingerprint density at radius 1 is 0.906 bits per heavy atom. The van der Waals surface area contributed by atoms with Gasteiger partial charge in [0.05, 0.1) is 0 Å². The lowest BCUT2D eigenvalue weighted by atomic mass is 10.0. The third-order valence-corrected chi connectivity index (χ3v) is 5.84. The van der Waals surface area contributed by atoms with Gasteiger partial charge in [-0.3, -0.25) is 0 Å². The zero-order valence-corrected chi connectivity index (χ0v) is 18.8. The molecule has 1 fully saturated rings. The Morgan fingerprint density at radius 3 is 2.19 bits per heavy atom. The Hall–Kier alpha value is -3.22. The number of hydrogen-bond acceptors (Lipinski definition) is 3. The van der Waals surface area contributed by atoms with E-state index >= 15 is 0 Å². The lowest BCUT2D eigenvalue weighted by Crippen LogP contribution is -2.47. The van der Waals surface area contributed by atoms with E-state index in [-0.39, 0.29) is 6.03 Å². The molecule has 1 saturated heterocycles. The van der Waals surface area contributed by atoms with Crippen molar-refractivity contribution in [3.05, 3.63) is 65.2 Å². The number of likely N-dealkylation sites (tertiary alicyclic amines) is 1. The van der Waals surface area contributed by atoms with Crippen LogP contribution in [0.4, 0.5) is 15.3 Å². The quantitative estimate of drug-likeness (QED) is 0.445. The van der Waals surface area contributed by atoms with E-state index in [1.54, 1.807) is 0 Å². The topological polar surface area (TPSA) is 93.7 Å². The van der Waals surface area contributed by atoms with Crippen LogP contribution in [0.15, 0.2) is 48.5 Å². The third-order valence-electron chi connectivity index (χ3n) is 5.84. The van der Waals surface area contributed by atoms with Gasteiger partial charge in [-0.1, -0.05) is 42.0 Å². The van der Waals surface area contributed by atoms with Gasteiger partial charge in [-0.25, -0.2) is 9.59 Å². The molecule has 0 bridgehead atoms. The predicted octanol–water partition coefficient (Wildman–Crippen LogP) is 4.02. The van der Waals surface area contributed by atoms with E-state index in [4.69, 9.17) is 5.11 Å². The summed E-state index contributed by atoms with van der Waals surface area (Å²) < 4.78 is 0. The molecule has 0 aromatic heterocycles. The molecule has 3 rings (SSSR count). The number of anilines is 1. The zero-order valence-electron chi connectivity index (χ0n) is 18.8. The molecule has 1 aliphatic heterocycles. The molecule has 7 heteroatoms. The van der Waals surface area contributed by atoms with Crippen molar-refractivity contribution in [3.63, 3.8) is 0 Å². The second kappa shape index (κ2) is 12.0. The summed E-state index contributed by atoms with van der Waals surface area (Å²) in [7, 11) is 0. The van der Waals surface area contributed by atoms with Crippen LogP contribution in [0.3, 0.4) is 0 Å². The Balaban J connectivity index is 1.31. The first kappa shape index (κ1) is 23.4. The summed E-state index contributed by atoms with van der Waals surface area (Å²) in [6.45, 7) is 4.69. The molecule has 172 valence electrons. The van der Waals surface area contributed by atoms with Gasteiger partial charge in [-0.05, 0) is 62.3 Å². The maximum Gasteiger partial charge on any atom is 0.404 e. The number of nitrogens with zero attached hydrogens (tertiary/aromatic N) is 1. The van der Waals surface area contributed by atoms with Crippen LogP contribution in [-0.2, 0) is 12.8 Å². The molecule has 4 N–H and O–H groups in total. The van der Waals surface area contributed by atoms with E-state index in [9.17, 15) is 9.59 Å². The van der Waals surface area contributed by atoms with Crippen molar-refractivity contribution in [3.8, 4) is 0 Å². The van der Waals surface area contributed by atoms with E-state index in [2.05, 4.69) is 47.1 Å². The summed E-state index contributed by atoms with van der Waals surface area (Å²) >= 11 is 0. The second-order valence-electron chi connectivity index (χ2n) is 8.41. The molecule has 1 heterocycles. The molecule has 0 saturated carbocycles. The van der Waals surface area contributed by atoms with Crippen molar-refractivity contribution in [2.24, 2.45) is 0 Å². The minimum Gasteiger partial charge on any atom is -0.465 e. The number of benzene rings is 2. The van der Waals surface area contributed by atoms with Gasteiger partial charge in [-0.15, -0.1) is 0 Å². The molecule has 0 spiro atoms. The monoisotopic (exact) mass is 438 g/mol. The van der Waals surface area contributed by atoms with Crippen LogP contribution < -0.4 is 16.0 Å². The highest BCUT2D eigenvalue weighted by Crippen LogP contribution is 2.17. The van der Waals surface area contributed by atoms with Crippen molar-refractivity contribution >= 4 is 17.8 Å². The number of urea groups is 1. The molecule has 7 nitrogen and oxygen atoms in total. The number of hydrogen-bond donors (Lipinski definition) is 4. The van der Waals surface area contributed by atoms with Gasteiger partial charge < -0.3 is 26.0 Å². The molecule has 0 aliphatic carbocycles. The largest absolute Gasteiger partial charge is 0.465 e. The smallest absolute Gasteiger partial charge is 0.404 e. The van der Waals surface area contributed by atoms with Crippen LogP contribution in [0.5, 0.6) is 0 Å².